The Morgan fingerprint density at radius 2 is 1.83 bits per heavy atom. The van der Waals surface area contributed by atoms with Crippen molar-refractivity contribution in [3.63, 3.8) is 0 Å². The molecule has 0 aliphatic carbocycles. The molecule has 0 aromatic heterocycles. The van der Waals surface area contributed by atoms with E-state index in [1.807, 2.05) is 49.4 Å². The number of hydrogen-bond acceptors (Lipinski definition) is 4. The first kappa shape index (κ1) is 22.3. The summed E-state index contributed by atoms with van der Waals surface area (Å²) >= 11 is 0. The van der Waals surface area contributed by atoms with Crippen molar-refractivity contribution in [3.8, 4) is 5.75 Å². The number of benzene rings is 2. The molecule has 0 atom stereocenters. The van der Waals surface area contributed by atoms with Gasteiger partial charge in [-0.15, -0.1) is 0 Å². The van der Waals surface area contributed by atoms with Crippen LogP contribution >= 0.6 is 0 Å². The maximum atomic E-state index is 12.7. The summed E-state index contributed by atoms with van der Waals surface area (Å²) in [4.78, 5) is 12.5. The van der Waals surface area contributed by atoms with Gasteiger partial charge in [-0.1, -0.05) is 48.0 Å². The fourth-order valence-electron chi connectivity index (χ4n) is 3.84. The third-order valence-corrected chi connectivity index (χ3v) is 7.39. The smallest absolute Gasteiger partial charge is 0.223 e. The highest BCUT2D eigenvalue weighted by Crippen LogP contribution is 2.23. The second kappa shape index (κ2) is 10.1. The second-order valence-corrected chi connectivity index (χ2v) is 9.74. The van der Waals surface area contributed by atoms with E-state index in [9.17, 15) is 13.2 Å². The van der Waals surface area contributed by atoms with Gasteiger partial charge in [0.2, 0.25) is 15.9 Å². The number of nitrogens with zero attached hydrogens (tertiary/aromatic N) is 1. The van der Waals surface area contributed by atoms with Gasteiger partial charge in [-0.25, -0.2) is 12.7 Å². The van der Waals surface area contributed by atoms with E-state index in [0.29, 0.717) is 38.9 Å². The van der Waals surface area contributed by atoms with Crippen molar-refractivity contribution in [1.29, 1.82) is 0 Å². The molecule has 30 heavy (non-hydrogen) atoms. The number of aryl methyl sites for hydroxylation is 1. The molecule has 6 nitrogen and oxygen atoms in total. The zero-order valence-corrected chi connectivity index (χ0v) is 18.5. The molecule has 7 heteroatoms. The van der Waals surface area contributed by atoms with E-state index in [1.165, 1.54) is 4.31 Å². The third-order valence-electron chi connectivity index (χ3n) is 5.54. The van der Waals surface area contributed by atoms with Gasteiger partial charge in [0.05, 0.1) is 12.9 Å². The van der Waals surface area contributed by atoms with Gasteiger partial charge in [-0.3, -0.25) is 4.79 Å². The van der Waals surface area contributed by atoms with Crippen molar-refractivity contribution in [2.45, 2.75) is 31.9 Å². The van der Waals surface area contributed by atoms with Crippen molar-refractivity contribution >= 4 is 15.9 Å². The lowest BCUT2D eigenvalue weighted by molar-refractivity contribution is -0.126. The molecule has 1 saturated heterocycles. The Balaban J connectivity index is 1.47. The van der Waals surface area contributed by atoms with Crippen LogP contribution in [-0.4, -0.2) is 45.4 Å². The number of sulfonamides is 1. The summed E-state index contributed by atoms with van der Waals surface area (Å²) in [5, 5.41) is 3.00. The fraction of sp³-hybridized carbons (Fsp3) is 0.435. The van der Waals surface area contributed by atoms with Crippen molar-refractivity contribution in [3.05, 3.63) is 65.2 Å². The molecule has 0 spiro atoms. The molecule has 162 valence electrons. The predicted molar refractivity (Wildman–Crippen MR) is 118 cm³/mol. The van der Waals surface area contributed by atoms with E-state index >= 15 is 0 Å². The third kappa shape index (κ3) is 5.83. The Labute approximate surface area is 179 Å². The molecule has 1 heterocycles. The monoisotopic (exact) mass is 430 g/mol. The van der Waals surface area contributed by atoms with E-state index in [2.05, 4.69) is 11.4 Å². The Hall–Kier alpha value is -2.38. The molecule has 0 bridgehead atoms. The van der Waals surface area contributed by atoms with E-state index in [-0.39, 0.29) is 17.6 Å². The Bertz CT molecular complexity index is 952. The molecule has 1 aliphatic heterocycles. The number of hydrogen-bond donors (Lipinski definition) is 1. The molecule has 1 fully saturated rings. The highest BCUT2D eigenvalue weighted by atomic mass is 32.2. The van der Waals surface area contributed by atoms with Crippen LogP contribution in [-0.2, 0) is 27.0 Å². The maximum absolute atomic E-state index is 12.7. The summed E-state index contributed by atoms with van der Waals surface area (Å²) in [7, 11) is -1.72. The van der Waals surface area contributed by atoms with Crippen LogP contribution in [0.3, 0.4) is 0 Å². The minimum Gasteiger partial charge on any atom is -0.496 e. The molecular weight excluding hydrogens is 400 g/mol. The zero-order chi connectivity index (χ0) is 21.6. The largest absolute Gasteiger partial charge is 0.496 e. The van der Waals surface area contributed by atoms with Crippen LogP contribution in [0.5, 0.6) is 5.75 Å². The van der Waals surface area contributed by atoms with Gasteiger partial charge in [0.1, 0.15) is 5.75 Å². The van der Waals surface area contributed by atoms with Crippen molar-refractivity contribution < 1.29 is 17.9 Å². The number of piperidine rings is 1. The number of rotatable bonds is 8. The van der Waals surface area contributed by atoms with Crippen LogP contribution in [0.2, 0.25) is 0 Å². The molecule has 0 radical (unpaired) electrons. The average molecular weight is 431 g/mol. The van der Waals surface area contributed by atoms with E-state index in [1.54, 1.807) is 7.11 Å². The van der Waals surface area contributed by atoms with E-state index < -0.39 is 10.0 Å². The van der Waals surface area contributed by atoms with Gasteiger partial charge in [0.25, 0.3) is 0 Å². The molecule has 3 rings (SSSR count). The molecule has 1 aliphatic rings. The molecule has 0 saturated carbocycles. The summed E-state index contributed by atoms with van der Waals surface area (Å²) in [6, 6.07) is 15.2. The van der Waals surface area contributed by atoms with Crippen LogP contribution < -0.4 is 10.1 Å². The molecular formula is C23H30N2O4S. The summed E-state index contributed by atoms with van der Waals surface area (Å²) in [6.45, 7) is 3.34. The minimum atomic E-state index is -3.36. The SMILES string of the molecule is COc1ccc(C)cc1CCNC(=O)C1CCN(S(=O)(=O)Cc2ccccc2)CC1. The number of methoxy groups -OCH3 is 1. The van der Waals surface area contributed by atoms with Gasteiger partial charge in [0, 0.05) is 25.6 Å². The van der Waals surface area contributed by atoms with Gasteiger partial charge >= 0.3 is 0 Å². The highest BCUT2D eigenvalue weighted by molar-refractivity contribution is 7.88. The first-order chi connectivity index (χ1) is 14.4. The standard InChI is InChI=1S/C23H30N2O4S/c1-18-8-9-22(29-2)21(16-18)10-13-24-23(26)20-11-14-25(15-12-20)30(27,28)17-19-6-4-3-5-7-19/h3-9,16,20H,10-15,17H2,1-2H3,(H,24,26). The van der Waals surface area contributed by atoms with Crippen molar-refractivity contribution in [1.82, 2.24) is 9.62 Å². The molecule has 1 amide bonds. The van der Waals surface area contributed by atoms with Gasteiger partial charge in [-0.05, 0) is 43.4 Å². The first-order valence-electron chi connectivity index (χ1n) is 10.3. The maximum Gasteiger partial charge on any atom is 0.223 e. The summed E-state index contributed by atoms with van der Waals surface area (Å²) in [5.74, 6) is 0.685. The molecule has 1 N–H and O–H groups in total. The summed E-state index contributed by atoms with van der Waals surface area (Å²) in [6.07, 6.45) is 1.79. The van der Waals surface area contributed by atoms with Crippen LogP contribution in [0.25, 0.3) is 0 Å². The lowest BCUT2D eigenvalue weighted by Gasteiger charge is -2.30. The number of carbonyl (C=O) groups excluding carboxylic acids is 1. The minimum absolute atomic E-state index is 0.00160. The second-order valence-electron chi connectivity index (χ2n) is 7.77. The number of ether oxygens (including phenoxy) is 1. The van der Waals surface area contributed by atoms with Crippen LogP contribution in [0.4, 0.5) is 0 Å². The molecule has 2 aromatic carbocycles. The van der Waals surface area contributed by atoms with E-state index in [4.69, 9.17) is 4.74 Å². The Morgan fingerprint density at radius 1 is 1.13 bits per heavy atom. The normalized spacial score (nSPS) is 15.7. The molecule has 0 unspecified atom stereocenters. The highest BCUT2D eigenvalue weighted by Gasteiger charge is 2.31. The average Bonchev–Trinajstić information content (AvgIpc) is 2.74. The summed E-state index contributed by atoms with van der Waals surface area (Å²) in [5.41, 5.74) is 3.00. The lowest BCUT2D eigenvalue weighted by Crippen LogP contribution is -2.43. The lowest BCUT2D eigenvalue weighted by atomic mass is 9.97. The van der Waals surface area contributed by atoms with Gasteiger partial charge in [0.15, 0.2) is 0 Å². The van der Waals surface area contributed by atoms with Crippen molar-refractivity contribution in [2.24, 2.45) is 5.92 Å². The quantitative estimate of drug-likeness (QED) is 0.699. The van der Waals surface area contributed by atoms with Crippen LogP contribution in [0.1, 0.15) is 29.5 Å². The van der Waals surface area contributed by atoms with Gasteiger partial charge < -0.3 is 10.1 Å². The molecule has 2 aromatic rings. The predicted octanol–water partition coefficient (Wildman–Crippen LogP) is 2.90. The zero-order valence-electron chi connectivity index (χ0n) is 17.6. The number of nitrogens with one attached hydrogen (secondary N) is 1. The Kier molecular flexibility index (Phi) is 7.50. The van der Waals surface area contributed by atoms with Crippen molar-refractivity contribution in [2.75, 3.05) is 26.7 Å². The van der Waals surface area contributed by atoms with Gasteiger partial charge in [-0.2, -0.15) is 0 Å². The fourth-order valence-corrected chi connectivity index (χ4v) is 5.40. The Morgan fingerprint density at radius 3 is 2.50 bits per heavy atom. The topological polar surface area (TPSA) is 75.7 Å². The number of carbonyl (C=O) groups is 1. The number of amides is 1. The first-order valence-corrected chi connectivity index (χ1v) is 11.9. The van der Waals surface area contributed by atoms with Crippen LogP contribution in [0, 0.1) is 12.8 Å². The van der Waals surface area contributed by atoms with Crippen LogP contribution in [0.15, 0.2) is 48.5 Å². The van der Waals surface area contributed by atoms with E-state index in [0.717, 1.165) is 22.4 Å². The summed E-state index contributed by atoms with van der Waals surface area (Å²) < 4.78 is 32.2.